The number of halogens is 1. The molecule has 0 amide bonds. The topological polar surface area (TPSA) is 69.6 Å². The first-order chi connectivity index (χ1) is 9.63. The minimum atomic E-state index is 0.416. The van der Waals surface area contributed by atoms with Crippen molar-refractivity contribution >= 4 is 21.6 Å². The van der Waals surface area contributed by atoms with Crippen molar-refractivity contribution in [2.75, 3.05) is 5.73 Å². The third-order valence-electron chi connectivity index (χ3n) is 4.01. The molecule has 106 valence electrons. The largest absolute Gasteiger partial charge is 0.398 e. The van der Waals surface area contributed by atoms with Gasteiger partial charge in [0.2, 0.25) is 0 Å². The summed E-state index contributed by atoms with van der Waals surface area (Å²) in [5.41, 5.74) is 8.02. The fraction of sp³-hybridized carbons (Fsp3) is 0.500. The van der Waals surface area contributed by atoms with Gasteiger partial charge in [-0.1, -0.05) is 13.3 Å². The molecule has 0 radical (unpaired) electrons. The van der Waals surface area contributed by atoms with Gasteiger partial charge in [-0.05, 0) is 69.2 Å². The third-order valence-corrected chi connectivity index (χ3v) is 4.73. The number of rotatable bonds is 5. The highest BCUT2D eigenvalue weighted by Crippen LogP contribution is 2.51. The average Bonchev–Trinajstić information content (AvgIpc) is 3.01. The normalized spacial score (nSPS) is 16.3. The van der Waals surface area contributed by atoms with E-state index in [1.165, 1.54) is 25.7 Å². The van der Waals surface area contributed by atoms with E-state index in [2.05, 4.69) is 38.4 Å². The van der Waals surface area contributed by atoms with Gasteiger partial charge in [-0.2, -0.15) is 0 Å². The first-order valence-electron chi connectivity index (χ1n) is 6.95. The van der Waals surface area contributed by atoms with E-state index in [9.17, 15) is 0 Å². The fourth-order valence-electron chi connectivity index (χ4n) is 2.71. The van der Waals surface area contributed by atoms with Gasteiger partial charge in [-0.15, -0.1) is 5.10 Å². The zero-order chi connectivity index (χ0) is 14.2. The lowest BCUT2D eigenvalue weighted by molar-refractivity contribution is 0.365. The molecular formula is C14H18BrN5. The van der Waals surface area contributed by atoms with Crippen molar-refractivity contribution in [3.05, 3.63) is 22.7 Å². The van der Waals surface area contributed by atoms with E-state index in [1.807, 2.05) is 22.9 Å². The molecule has 0 spiro atoms. The Balaban J connectivity index is 1.88. The maximum absolute atomic E-state index is 5.94. The summed E-state index contributed by atoms with van der Waals surface area (Å²) < 4.78 is 2.82. The van der Waals surface area contributed by atoms with Crippen LogP contribution in [-0.2, 0) is 6.54 Å². The Morgan fingerprint density at radius 1 is 1.40 bits per heavy atom. The summed E-state index contributed by atoms with van der Waals surface area (Å²) in [6.45, 7) is 3.13. The predicted octanol–water partition coefficient (Wildman–Crippen LogP) is 3.27. The number of benzene rings is 1. The maximum Gasteiger partial charge on any atom is 0.182 e. The zero-order valence-corrected chi connectivity index (χ0v) is 13.1. The number of hydrogen-bond acceptors (Lipinski definition) is 4. The van der Waals surface area contributed by atoms with Crippen LogP contribution in [0, 0.1) is 5.41 Å². The molecule has 0 aliphatic heterocycles. The molecule has 0 saturated heterocycles. The molecule has 1 aliphatic rings. The van der Waals surface area contributed by atoms with E-state index < -0.39 is 0 Å². The maximum atomic E-state index is 5.94. The Hall–Kier alpha value is -1.43. The van der Waals surface area contributed by atoms with E-state index in [-0.39, 0.29) is 0 Å². The quantitative estimate of drug-likeness (QED) is 0.851. The fourth-order valence-corrected chi connectivity index (χ4v) is 2.96. The van der Waals surface area contributed by atoms with Crippen LogP contribution in [0.1, 0.15) is 32.6 Å². The van der Waals surface area contributed by atoms with E-state index in [4.69, 9.17) is 5.73 Å². The molecule has 1 aliphatic carbocycles. The Bertz CT molecular complexity index is 618. The van der Waals surface area contributed by atoms with Gasteiger partial charge in [0.1, 0.15) is 0 Å². The molecule has 3 rings (SSSR count). The summed E-state index contributed by atoms with van der Waals surface area (Å²) in [7, 11) is 0. The summed E-state index contributed by atoms with van der Waals surface area (Å²) in [5.74, 6) is 0.798. The first-order valence-corrected chi connectivity index (χ1v) is 7.74. The van der Waals surface area contributed by atoms with Gasteiger partial charge >= 0.3 is 0 Å². The Kier molecular flexibility index (Phi) is 3.50. The van der Waals surface area contributed by atoms with Crippen LogP contribution in [0.3, 0.4) is 0 Å². The van der Waals surface area contributed by atoms with Gasteiger partial charge < -0.3 is 5.73 Å². The van der Waals surface area contributed by atoms with Gasteiger partial charge in [0.25, 0.3) is 0 Å². The van der Waals surface area contributed by atoms with Crippen molar-refractivity contribution in [2.45, 2.75) is 39.2 Å². The molecule has 1 aromatic carbocycles. The number of nitrogens with zero attached hydrogens (tertiary/aromatic N) is 4. The number of nitrogen functional groups attached to an aromatic ring is 1. The molecule has 1 aromatic heterocycles. The molecule has 0 bridgehead atoms. The molecule has 0 atom stereocenters. The lowest BCUT2D eigenvalue weighted by Gasteiger charge is -2.14. The van der Waals surface area contributed by atoms with Crippen LogP contribution in [0.2, 0.25) is 0 Å². The van der Waals surface area contributed by atoms with Crippen LogP contribution in [0.4, 0.5) is 5.69 Å². The van der Waals surface area contributed by atoms with E-state index in [0.717, 1.165) is 22.4 Å². The second kappa shape index (κ2) is 5.16. The highest BCUT2D eigenvalue weighted by molar-refractivity contribution is 9.10. The number of hydrogen-bond donors (Lipinski definition) is 1. The summed E-state index contributed by atoms with van der Waals surface area (Å²) in [6, 6.07) is 5.83. The van der Waals surface area contributed by atoms with Crippen LogP contribution < -0.4 is 5.73 Å². The van der Waals surface area contributed by atoms with Gasteiger partial charge in [0.05, 0.1) is 6.54 Å². The van der Waals surface area contributed by atoms with Crippen molar-refractivity contribution in [3.8, 4) is 11.4 Å². The third kappa shape index (κ3) is 2.57. The molecule has 1 fully saturated rings. The molecule has 0 unspecified atom stereocenters. The lowest BCUT2D eigenvalue weighted by Crippen LogP contribution is -2.14. The number of nitrogens with two attached hydrogens (primary N) is 1. The van der Waals surface area contributed by atoms with Gasteiger partial charge in [-0.3, -0.25) is 0 Å². The van der Waals surface area contributed by atoms with Crippen LogP contribution in [0.5, 0.6) is 0 Å². The minimum Gasteiger partial charge on any atom is -0.398 e. The average molecular weight is 336 g/mol. The highest BCUT2D eigenvalue weighted by Gasteiger charge is 2.42. The Labute approximate surface area is 126 Å². The minimum absolute atomic E-state index is 0.416. The van der Waals surface area contributed by atoms with Crippen LogP contribution in [0.25, 0.3) is 11.4 Å². The van der Waals surface area contributed by atoms with Crippen molar-refractivity contribution in [1.29, 1.82) is 0 Å². The van der Waals surface area contributed by atoms with Gasteiger partial charge in [0, 0.05) is 15.7 Å². The summed E-state index contributed by atoms with van der Waals surface area (Å²) in [6.07, 6.45) is 5.02. The standard InChI is InChI=1S/C14H18BrN5/c1-2-5-14(6-7-14)9-20-13(17-18-19-20)10-3-4-11(15)12(16)8-10/h3-4,8H,2,5-7,9,16H2,1H3. The monoisotopic (exact) mass is 335 g/mol. The number of aromatic nitrogens is 4. The number of tetrazole rings is 1. The second-order valence-electron chi connectivity index (χ2n) is 5.65. The Morgan fingerprint density at radius 3 is 2.85 bits per heavy atom. The molecular weight excluding hydrogens is 318 g/mol. The molecule has 20 heavy (non-hydrogen) atoms. The van der Waals surface area contributed by atoms with Crippen molar-refractivity contribution in [3.63, 3.8) is 0 Å². The van der Waals surface area contributed by atoms with Crippen LogP contribution >= 0.6 is 15.9 Å². The predicted molar refractivity (Wildman–Crippen MR) is 81.9 cm³/mol. The van der Waals surface area contributed by atoms with Crippen LogP contribution in [0.15, 0.2) is 22.7 Å². The molecule has 6 heteroatoms. The number of anilines is 1. The summed E-state index contributed by atoms with van der Waals surface area (Å²) in [4.78, 5) is 0. The van der Waals surface area contributed by atoms with E-state index >= 15 is 0 Å². The van der Waals surface area contributed by atoms with E-state index in [0.29, 0.717) is 11.1 Å². The second-order valence-corrected chi connectivity index (χ2v) is 6.50. The molecule has 5 nitrogen and oxygen atoms in total. The molecule has 1 heterocycles. The highest BCUT2D eigenvalue weighted by atomic mass is 79.9. The smallest absolute Gasteiger partial charge is 0.182 e. The van der Waals surface area contributed by atoms with Crippen molar-refractivity contribution in [2.24, 2.45) is 5.41 Å². The molecule has 2 aromatic rings. The molecule has 1 saturated carbocycles. The summed E-state index contributed by atoms with van der Waals surface area (Å²) >= 11 is 3.41. The van der Waals surface area contributed by atoms with Crippen molar-refractivity contribution in [1.82, 2.24) is 20.2 Å². The van der Waals surface area contributed by atoms with Crippen LogP contribution in [-0.4, -0.2) is 20.2 Å². The van der Waals surface area contributed by atoms with E-state index in [1.54, 1.807) is 0 Å². The SMILES string of the molecule is CCCC1(Cn2nnnc2-c2ccc(Br)c(N)c2)CC1. The van der Waals surface area contributed by atoms with Crippen molar-refractivity contribution < 1.29 is 0 Å². The van der Waals surface area contributed by atoms with Gasteiger partial charge in [0.15, 0.2) is 5.82 Å². The Morgan fingerprint density at radius 2 is 2.20 bits per heavy atom. The first kappa shape index (κ1) is 13.5. The molecule has 2 N–H and O–H groups in total. The lowest BCUT2D eigenvalue weighted by atomic mass is 10.0. The van der Waals surface area contributed by atoms with Gasteiger partial charge in [-0.25, -0.2) is 4.68 Å². The zero-order valence-electron chi connectivity index (χ0n) is 11.5. The summed E-state index contributed by atoms with van der Waals surface area (Å²) in [5, 5.41) is 12.1.